The number of hydrogen-bond acceptors (Lipinski definition) is 3. The molecule has 0 atom stereocenters. The van der Waals surface area contributed by atoms with Crippen LogP contribution in [0, 0.1) is 0 Å². The highest BCUT2D eigenvalue weighted by atomic mass is 16.4. The van der Waals surface area contributed by atoms with E-state index in [0.29, 0.717) is 13.1 Å². The molecule has 12 heavy (non-hydrogen) atoms. The Hall–Kier alpha value is -0.870. The van der Waals surface area contributed by atoms with Crippen LogP contribution in [-0.4, -0.2) is 30.7 Å². The number of aliphatic carboxylic acids is 1. The number of hydrogen-bond donors (Lipinski definition) is 3. The van der Waals surface area contributed by atoms with Gasteiger partial charge in [-0.2, -0.15) is 0 Å². The number of nitrogens with one attached hydrogen (secondary N) is 1. The Kier molecular flexibility index (Phi) is 7.63. The van der Waals surface area contributed by atoms with Crippen molar-refractivity contribution in [2.24, 2.45) is 5.73 Å². The van der Waals surface area contributed by atoms with Crippen molar-refractivity contribution < 1.29 is 9.90 Å². The normalized spacial score (nSPS) is 10.8. The van der Waals surface area contributed by atoms with Gasteiger partial charge >= 0.3 is 5.97 Å². The smallest absolute Gasteiger partial charge is 0.328 e. The number of nitrogens with two attached hydrogens (primary N) is 1. The van der Waals surface area contributed by atoms with Gasteiger partial charge in [0, 0.05) is 12.6 Å². The fourth-order valence-corrected chi connectivity index (χ4v) is 0.739. The average molecular weight is 172 g/mol. The average Bonchev–Trinajstić information content (AvgIpc) is 2.02. The van der Waals surface area contributed by atoms with Crippen molar-refractivity contribution in [3.8, 4) is 0 Å². The third-order valence-corrected chi connectivity index (χ3v) is 1.33. The molecular formula is C8H16N2O2. The van der Waals surface area contributed by atoms with Crippen molar-refractivity contribution in [2.45, 2.75) is 12.8 Å². The summed E-state index contributed by atoms with van der Waals surface area (Å²) < 4.78 is 0. The molecule has 70 valence electrons. The minimum atomic E-state index is -0.904. The summed E-state index contributed by atoms with van der Waals surface area (Å²) in [6.45, 7) is 2.21. The van der Waals surface area contributed by atoms with E-state index < -0.39 is 5.97 Å². The highest BCUT2D eigenvalue weighted by Gasteiger charge is 1.86. The first kappa shape index (κ1) is 11.1. The summed E-state index contributed by atoms with van der Waals surface area (Å²) in [5, 5.41) is 11.3. The summed E-state index contributed by atoms with van der Waals surface area (Å²) in [6.07, 6.45) is 4.77. The molecule has 0 spiro atoms. The van der Waals surface area contributed by atoms with Crippen LogP contribution in [0.15, 0.2) is 12.2 Å². The summed E-state index contributed by atoms with van der Waals surface area (Å²) in [4.78, 5) is 10.0. The van der Waals surface area contributed by atoms with Crippen LogP contribution >= 0.6 is 0 Å². The van der Waals surface area contributed by atoms with E-state index in [-0.39, 0.29) is 0 Å². The zero-order valence-electron chi connectivity index (χ0n) is 7.12. The fourth-order valence-electron chi connectivity index (χ4n) is 0.739. The summed E-state index contributed by atoms with van der Waals surface area (Å²) in [5.74, 6) is -0.904. The van der Waals surface area contributed by atoms with Gasteiger partial charge in [-0.05, 0) is 25.9 Å². The number of carbonyl (C=O) groups is 1. The minimum absolute atomic E-state index is 0.608. The Morgan fingerprint density at radius 2 is 2.25 bits per heavy atom. The molecule has 0 unspecified atom stereocenters. The summed E-state index contributed by atoms with van der Waals surface area (Å²) >= 11 is 0. The molecule has 0 bridgehead atoms. The number of carboxylic acids is 1. The van der Waals surface area contributed by atoms with E-state index in [1.807, 2.05) is 0 Å². The molecule has 0 saturated carbocycles. The van der Waals surface area contributed by atoms with Crippen molar-refractivity contribution in [1.29, 1.82) is 0 Å². The quantitative estimate of drug-likeness (QED) is 0.372. The van der Waals surface area contributed by atoms with Crippen molar-refractivity contribution in [2.75, 3.05) is 19.6 Å². The van der Waals surface area contributed by atoms with Crippen molar-refractivity contribution in [1.82, 2.24) is 5.32 Å². The maximum Gasteiger partial charge on any atom is 0.328 e. The fraction of sp³-hybridized carbons (Fsp3) is 0.625. The molecule has 0 aliphatic carbocycles. The number of carboxylic acid groups (broad SMARTS) is 1. The second-order valence-electron chi connectivity index (χ2n) is 2.44. The molecule has 0 aliphatic heterocycles. The van der Waals surface area contributed by atoms with Gasteiger partial charge in [0.1, 0.15) is 0 Å². The molecule has 0 radical (unpaired) electrons. The third kappa shape index (κ3) is 9.13. The molecule has 0 rings (SSSR count). The molecule has 4 heteroatoms. The van der Waals surface area contributed by atoms with Crippen molar-refractivity contribution >= 4 is 5.97 Å². The standard InChI is InChI=1S/C8H16N2O2/c9-5-1-2-6-10-7-3-4-8(11)12/h3-4,10H,1-2,5-7,9H2,(H,11,12)/b4-3+. The van der Waals surface area contributed by atoms with Gasteiger partial charge in [-0.1, -0.05) is 6.08 Å². The van der Waals surface area contributed by atoms with Crippen LogP contribution in [0.3, 0.4) is 0 Å². The van der Waals surface area contributed by atoms with E-state index in [2.05, 4.69) is 5.32 Å². The van der Waals surface area contributed by atoms with Crippen LogP contribution in [0.25, 0.3) is 0 Å². The topological polar surface area (TPSA) is 75.3 Å². The Morgan fingerprint density at radius 1 is 1.50 bits per heavy atom. The molecule has 4 nitrogen and oxygen atoms in total. The largest absolute Gasteiger partial charge is 0.478 e. The first-order chi connectivity index (χ1) is 5.77. The van der Waals surface area contributed by atoms with Gasteiger partial charge in [-0.25, -0.2) is 4.79 Å². The van der Waals surface area contributed by atoms with Gasteiger partial charge < -0.3 is 16.2 Å². The third-order valence-electron chi connectivity index (χ3n) is 1.33. The monoisotopic (exact) mass is 172 g/mol. The van der Waals surface area contributed by atoms with Gasteiger partial charge in [0.15, 0.2) is 0 Å². The molecule has 0 aromatic heterocycles. The van der Waals surface area contributed by atoms with Gasteiger partial charge in [-0.15, -0.1) is 0 Å². The Labute approximate surface area is 72.4 Å². The lowest BCUT2D eigenvalue weighted by molar-refractivity contribution is -0.131. The van der Waals surface area contributed by atoms with E-state index in [4.69, 9.17) is 10.8 Å². The zero-order valence-corrected chi connectivity index (χ0v) is 7.12. The first-order valence-corrected chi connectivity index (χ1v) is 4.07. The van der Waals surface area contributed by atoms with Gasteiger partial charge in [0.2, 0.25) is 0 Å². The second-order valence-corrected chi connectivity index (χ2v) is 2.44. The van der Waals surface area contributed by atoms with Crippen molar-refractivity contribution in [3.05, 3.63) is 12.2 Å². The minimum Gasteiger partial charge on any atom is -0.478 e. The van der Waals surface area contributed by atoms with Crippen LogP contribution in [0.1, 0.15) is 12.8 Å². The highest BCUT2D eigenvalue weighted by Crippen LogP contribution is 1.81. The molecule has 0 amide bonds. The van der Waals surface area contributed by atoms with E-state index in [0.717, 1.165) is 25.5 Å². The van der Waals surface area contributed by atoms with Crippen molar-refractivity contribution in [3.63, 3.8) is 0 Å². The molecule has 4 N–H and O–H groups in total. The van der Waals surface area contributed by atoms with E-state index in [9.17, 15) is 4.79 Å². The van der Waals surface area contributed by atoms with Crippen LogP contribution in [0.4, 0.5) is 0 Å². The predicted octanol–water partition coefficient (Wildman–Crippen LogP) is -0.0443. The van der Waals surface area contributed by atoms with Crippen LogP contribution in [0.5, 0.6) is 0 Å². The Bertz CT molecular complexity index is 146. The van der Waals surface area contributed by atoms with E-state index >= 15 is 0 Å². The maximum atomic E-state index is 10.0. The lowest BCUT2D eigenvalue weighted by Crippen LogP contribution is -2.16. The highest BCUT2D eigenvalue weighted by molar-refractivity contribution is 5.79. The first-order valence-electron chi connectivity index (χ1n) is 4.07. The molecule has 0 aromatic carbocycles. The van der Waals surface area contributed by atoms with Gasteiger partial charge in [0.05, 0.1) is 0 Å². The molecule has 0 fully saturated rings. The number of rotatable bonds is 7. The predicted molar refractivity (Wildman–Crippen MR) is 47.9 cm³/mol. The van der Waals surface area contributed by atoms with Gasteiger partial charge in [0.25, 0.3) is 0 Å². The molecule has 0 heterocycles. The maximum absolute atomic E-state index is 10.0. The number of unbranched alkanes of at least 4 members (excludes halogenated alkanes) is 1. The van der Waals surface area contributed by atoms with E-state index in [1.165, 1.54) is 0 Å². The van der Waals surface area contributed by atoms with Gasteiger partial charge in [-0.3, -0.25) is 0 Å². The summed E-state index contributed by atoms with van der Waals surface area (Å²) in [7, 11) is 0. The molecular weight excluding hydrogens is 156 g/mol. The lowest BCUT2D eigenvalue weighted by atomic mass is 10.3. The SMILES string of the molecule is NCCCCNC/C=C/C(=O)O. The summed E-state index contributed by atoms with van der Waals surface area (Å²) in [6, 6.07) is 0. The summed E-state index contributed by atoms with van der Waals surface area (Å²) in [5.41, 5.74) is 5.29. The molecule has 0 aromatic rings. The molecule has 0 saturated heterocycles. The second kappa shape index (κ2) is 8.23. The van der Waals surface area contributed by atoms with E-state index in [1.54, 1.807) is 6.08 Å². The zero-order chi connectivity index (χ0) is 9.23. The lowest BCUT2D eigenvalue weighted by Gasteiger charge is -1.98. The van der Waals surface area contributed by atoms with Crippen LogP contribution in [0.2, 0.25) is 0 Å². The Balaban J connectivity index is 3.05. The Morgan fingerprint density at radius 3 is 2.83 bits per heavy atom. The van der Waals surface area contributed by atoms with Crippen LogP contribution in [-0.2, 0) is 4.79 Å². The van der Waals surface area contributed by atoms with Crippen LogP contribution < -0.4 is 11.1 Å². The molecule has 0 aliphatic rings.